The first-order valence-corrected chi connectivity index (χ1v) is 4.49. The van der Waals surface area contributed by atoms with E-state index in [0.29, 0.717) is 0 Å². The number of rotatable bonds is 1. The highest BCUT2D eigenvalue weighted by molar-refractivity contribution is 6.03. The maximum atomic E-state index is 11.3. The van der Waals surface area contributed by atoms with E-state index in [-0.39, 0.29) is 5.78 Å². The summed E-state index contributed by atoms with van der Waals surface area (Å²) in [5.74, 6) is 0.203. The lowest BCUT2D eigenvalue weighted by Gasteiger charge is -1.97. The molecule has 1 aromatic carbocycles. The summed E-state index contributed by atoms with van der Waals surface area (Å²) in [6, 6.07) is 8.22. The topological polar surface area (TPSA) is 17.1 Å². The average Bonchev–Trinajstić information content (AvgIpc) is 2.45. The Morgan fingerprint density at radius 1 is 1.31 bits per heavy atom. The van der Waals surface area contributed by atoms with Crippen molar-refractivity contribution in [1.29, 1.82) is 0 Å². The van der Waals surface area contributed by atoms with E-state index >= 15 is 0 Å². The highest BCUT2D eigenvalue weighted by atomic mass is 16.1. The monoisotopic (exact) mass is 172 g/mol. The minimum atomic E-state index is 0.203. The summed E-state index contributed by atoms with van der Waals surface area (Å²) in [5, 5.41) is 0. The molecule has 0 heterocycles. The Balaban J connectivity index is 2.53. The Hall–Kier alpha value is -1.37. The van der Waals surface area contributed by atoms with E-state index in [4.69, 9.17) is 0 Å². The van der Waals surface area contributed by atoms with Crippen molar-refractivity contribution >= 4 is 11.4 Å². The zero-order valence-electron chi connectivity index (χ0n) is 7.92. The van der Waals surface area contributed by atoms with E-state index in [9.17, 15) is 4.79 Å². The molecule has 1 aliphatic rings. The summed E-state index contributed by atoms with van der Waals surface area (Å²) in [5.41, 5.74) is 4.65. The molecule has 13 heavy (non-hydrogen) atoms. The Morgan fingerprint density at radius 2 is 2.00 bits per heavy atom. The van der Waals surface area contributed by atoms with Gasteiger partial charge in [0.2, 0.25) is 0 Å². The SMILES string of the molecule is CC(=O)C1=C(C)c2ccccc2C1. The number of carbonyl (C=O) groups excluding carboxylic acids is 1. The predicted octanol–water partition coefficient (Wildman–Crippen LogP) is 2.61. The summed E-state index contributed by atoms with van der Waals surface area (Å²) in [6.45, 7) is 3.67. The average molecular weight is 172 g/mol. The van der Waals surface area contributed by atoms with E-state index < -0.39 is 0 Å². The van der Waals surface area contributed by atoms with E-state index in [1.807, 2.05) is 19.1 Å². The third-order valence-electron chi connectivity index (χ3n) is 2.67. The van der Waals surface area contributed by atoms with Gasteiger partial charge in [-0.05, 0) is 30.5 Å². The molecule has 2 rings (SSSR count). The van der Waals surface area contributed by atoms with Crippen molar-refractivity contribution in [2.75, 3.05) is 0 Å². The molecule has 0 saturated heterocycles. The van der Waals surface area contributed by atoms with Crippen LogP contribution in [0.2, 0.25) is 0 Å². The van der Waals surface area contributed by atoms with Gasteiger partial charge in [-0.3, -0.25) is 4.79 Å². The lowest BCUT2D eigenvalue weighted by molar-refractivity contribution is -0.113. The Bertz CT molecular complexity index is 399. The fourth-order valence-electron chi connectivity index (χ4n) is 1.91. The molecule has 0 atom stereocenters. The van der Waals surface area contributed by atoms with Crippen LogP contribution in [0.5, 0.6) is 0 Å². The van der Waals surface area contributed by atoms with E-state index in [1.165, 1.54) is 11.1 Å². The molecule has 66 valence electrons. The van der Waals surface area contributed by atoms with Gasteiger partial charge in [-0.2, -0.15) is 0 Å². The molecule has 0 unspecified atom stereocenters. The molecular formula is C12H12O. The van der Waals surface area contributed by atoms with Crippen molar-refractivity contribution in [3.63, 3.8) is 0 Å². The zero-order chi connectivity index (χ0) is 9.42. The van der Waals surface area contributed by atoms with E-state index in [1.54, 1.807) is 6.92 Å². The summed E-state index contributed by atoms with van der Waals surface area (Å²) in [6.07, 6.45) is 0.817. The number of allylic oxidation sites excluding steroid dienone is 2. The molecule has 0 aromatic heterocycles. The Kier molecular flexibility index (Phi) is 1.80. The van der Waals surface area contributed by atoms with Gasteiger partial charge in [0.25, 0.3) is 0 Å². The number of hydrogen-bond donors (Lipinski definition) is 0. The Labute approximate surface area is 78.1 Å². The molecule has 0 radical (unpaired) electrons. The molecule has 1 nitrogen and oxygen atoms in total. The van der Waals surface area contributed by atoms with Crippen LogP contribution in [-0.4, -0.2) is 5.78 Å². The molecule has 0 N–H and O–H groups in total. The first-order valence-electron chi connectivity index (χ1n) is 4.49. The van der Waals surface area contributed by atoms with Gasteiger partial charge in [-0.1, -0.05) is 24.3 Å². The largest absolute Gasteiger partial charge is 0.295 e. The molecule has 0 aliphatic heterocycles. The molecule has 1 aromatic rings. The first-order chi connectivity index (χ1) is 6.20. The van der Waals surface area contributed by atoms with Gasteiger partial charge >= 0.3 is 0 Å². The van der Waals surface area contributed by atoms with Gasteiger partial charge in [0.1, 0.15) is 0 Å². The van der Waals surface area contributed by atoms with Gasteiger partial charge in [-0.25, -0.2) is 0 Å². The second-order valence-electron chi connectivity index (χ2n) is 3.49. The molecule has 0 amide bonds. The lowest BCUT2D eigenvalue weighted by Crippen LogP contribution is -1.96. The van der Waals surface area contributed by atoms with Gasteiger partial charge in [0.15, 0.2) is 5.78 Å². The lowest BCUT2D eigenvalue weighted by atomic mass is 10.1. The van der Waals surface area contributed by atoms with Crippen LogP contribution in [0.3, 0.4) is 0 Å². The highest BCUT2D eigenvalue weighted by Gasteiger charge is 2.19. The number of Topliss-reactive ketones (excluding diaryl/α,β-unsaturated/α-hetero) is 1. The van der Waals surface area contributed by atoms with Crippen LogP contribution in [0.4, 0.5) is 0 Å². The molecule has 0 fully saturated rings. The van der Waals surface area contributed by atoms with Gasteiger partial charge in [0, 0.05) is 12.0 Å². The number of hydrogen-bond acceptors (Lipinski definition) is 1. The third-order valence-corrected chi connectivity index (χ3v) is 2.67. The normalized spacial score (nSPS) is 14.6. The number of ketones is 1. The molecule has 0 saturated carbocycles. The number of benzene rings is 1. The molecule has 0 bridgehead atoms. The summed E-state index contributed by atoms with van der Waals surface area (Å²) < 4.78 is 0. The van der Waals surface area contributed by atoms with Crippen molar-refractivity contribution in [1.82, 2.24) is 0 Å². The first kappa shape index (κ1) is 8.24. The van der Waals surface area contributed by atoms with Crippen molar-refractivity contribution in [3.05, 3.63) is 41.0 Å². The summed E-state index contributed by atoms with van der Waals surface area (Å²) in [4.78, 5) is 11.3. The minimum Gasteiger partial charge on any atom is -0.295 e. The van der Waals surface area contributed by atoms with Crippen molar-refractivity contribution in [2.24, 2.45) is 0 Å². The third kappa shape index (κ3) is 1.21. The van der Waals surface area contributed by atoms with Crippen LogP contribution in [0.25, 0.3) is 5.57 Å². The quantitative estimate of drug-likeness (QED) is 0.636. The van der Waals surface area contributed by atoms with Gasteiger partial charge in [0.05, 0.1) is 0 Å². The second kappa shape index (κ2) is 2.84. The van der Waals surface area contributed by atoms with Crippen LogP contribution < -0.4 is 0 Å². The van der Waals surface area contributed by atoms with Crippen LogP contribution in [0.1, 0.15) is 25.0 Å². The standard InChI is InChI=1S/C12H12O/c1-8-11-6-4-3-5-10(11)7-12(8)9(2)13/h3-6H,7H2,1-2H3. The fourth-order valence-corrected chi connectivity index (χ4v) is 1.91. The summed E-state index contributed by atoms with van der Waals surface area (Å²) in [7, 11) is 0. The van der Waals surface area contributed by atoms with E-state index in [0.717, 1.165) is 17.6 Å². The minimum absolute atomic E-state index is 0.203. The van der Waals surface area contributed by atoms with Crippen LogP contribution in [-0.2, 0) is 11.2 Å². The van der Waals surface area contributed by atoms with Crippen molar-refractivity contribution in [2.45, 2.75) is 20.3 Å². The van der Waals surface area contributed by atoms with Crippen LogP contribution in [0.15, 0.2) is 29.8 Å². The van der Waals surface area contributed by atoms with Crippen molar-refractivity contribution < 1.29 is 4.79 Å². The Morgan fingerprint density at radius 3 is 2.62 bits per heavy atom. The maximum Gasteiger partial charge on any atom is 0.156 e. The molecule has 1 heteroatoms. The fraction of sp³-hybridized carbons (Fsp3) is 0.250. The number of fused-ring (bicyclic) bond motifs is 1. The van der Waals surface area contributed by atoms with Gasteiger partial charge in [-0.15, -0.1) is 0 Å². The smallest absolute Gasteiger partial charge is 0.156 e. The molecule has 0 spiro atoms. The second-order valence-corrected chi connectivity index (χ2v) is 3.49. The molecule has 1 aliphatic carbocycles. The van der Waals surface area contributed by atoms with E-state index in [2.05, 4.69) is 12.1 Å². The summed E-state index contributed by atoms with van der Waals surface area (Å²) >= 11 is 0. The maximum absolute atomic E-state index is 11.3. The van der Waals surface area contributed by atoms with Crippen LogP contribution >= 0.6 is 0 Å². The molecular weight excluding hydrogens is 160 g/mol. The van der Waals surface area contributed by atoms with Gasteiger partial charge < -0.3 is 0 Å². The highest BCUT2D eigenvalue weighted by Crippen LogP contribution is 2.32. The van der Waals surface area contributed by atoms with Crippen molar-refractivity contribution in [3.8, 4) is 0 Å². The van der Waals surface area contributed by atoms with Crippen LogP contribution in [0, 0.1) is 0 Å². The zero-order valence-corrected chi connectivity index (χ0v) is 7.92. The number of carbonyl (C=O) groups is 1. The predicted molar refractivity (Wildman–Crippen MR) is 53.4 cm³/mol.